The van der Waals surface area contributed by atoms with Gasteiger partial charge in [0.1, 0.15) is 11.9 Å². The van der Waals surface area contributed by atoms with Gasteiger partial charge >= 0.3 is 0 Å². The minimum atomic E-state index is -0.397. The summed E-state index contributed by atoms with van der Waals surface area (Å²) in [6.45, 7) is 5.94. The van der Waals surface area contributed by atoms with Crippen molar-refractivity contribution in [1.29, 1.82) is 0 Å². The number of amides is 1. The number of carbonyl (C=O) groups is 1. The molecule has 7 nitrogen and oxygen atoms in total. The van der Waals surface area contributed by atoms with Crippen LogP contribution in [-0.4, -0.2) is 49.3 Å². The number of hydrogen-bond acceptors (Lipinski definition) is 4. The Kier molecular flexibility index (Phi) is 12.3. The zero-order valence-corrected chi connectivity index (χ0v) is 20.1. The molecule has 0 fully saturated rings. The lowest BCUT2D eigenvalue weighted by molar-refractivity contribution is 0.0953. The molecule has 0 aliphatic carbocycles. The van der Waals surface area contributed by atoms with Gasteiger partial charge in [-0.2, -0.15) is 0 Å². The van der Waals surface area contributed by atoms with Crippen LogP contribution in [0.5, 0.6) is 11.5 Å². The fourth-order valence-corrected chi connectivity index (χ4v) is 2.60. The second-order valence-corrected chi connectivity index (χ2v) is 6.67. The van der Waals surface area contributed by atoms with Gasteiger partial charge in [-0.05, 0) is 50.6 Å². The number of hydrogen-bond donors (Lipinski definition) is 4. The highest BCUT2D eigenvalue weighted by molar-refractivity contribution is 14.0. The van der Waals surface area contributed by atoms with E-state index in [2.05, 4.69) is 20.9 Å². The first-order valence-corrected chi connectivity index (χ1v) is 10.00. The van der Waals surface area contributed by atoms with Gasteiger partial charge in [0.25, 0.3) is 5.91 Å². The van der Waals surface area contributed by atoms with E-state index in [0.29, 0.717) is 44.1 Å². The van der Waals surface area contributed by atoms with Gasteiger partial charge in [0.15, 0.2) is 17.5 Å². The minimum Gasteiger partial charge on any atom is -0.508 e. The number of aromatic hydroxyl groups is 1. The van der Waals surface area contributed by atoms with E-state index in [1.54, 1.807) is 30.3 Å². The molecule has 0 saturated heterocycles. The van der Waals surface area contributed by atoms with Crippen LogP contribution in [0.4, 0.5) is 4.39 Å². The largest absolute Gasteiger partial charge is 0.508 e. The van der Waals surface area contributed by atoms with E-state index in [-0.39, 0.29) is 47.5 Å². The van der Waals surface area contributed by atoms with E-state index in [1.807, 2.05) is 13.8 Å². The van der Waals surface area contributed by atoms with Crippen LogP contribution in [0.1, 0.15) is 30.6 Å². The van der Waals surface area contributed by atoms with E-state index < -0.39 is 5.82 Å². The molecule has 1 atom stereocenters. The minimum absolute atomic E-state index is 0. The fourth-order valence-electron chi connectivity index (χ4n) is 2.60. The van der Waals surface area contributed by atoms with Crippen LogP contribution in [-0.2, 0) is 0 Å². The molecule has 0 aliphatic heterocycles. The zero-order chi connectivity index (χ0) is 21.8. The van der Waals surface area contributed by atoms with E-state index in [1.165, 1.54) is 18.2 Å². The van der Waals surface area contributed by atoms with Gasteiger partial charge < -0.3 is 25.8 Å². The third-order valence-electron chi connectivity index (χ3n) is 4.06. The number of halogens is 2. The van der Waals surface area contributed by atoms with E-state index in [4.69, 9.17) is 4.74 Å². The van der Waals surface area contributed by atoms with Crippen molar-refractivity contribution < 1.29 is 19.0 Å². The fraction of sp³-hybridized carbons (Fsp3) is 0.364. The van der Waals surface area contributed by atoms with Crippen LogP contribution < -0.4 is 20.7 Å². The second-order valence-electron chi connectivity index (χ2n) is 6.67. The molecule has 2 aromatic carbocycles. The van der Waals surface area contributed by atoms with Gasteiger partial charge in [0.2, 0.25) is 0 Å². The lowest BCUT2D eigenvalue weighted by Gasteiger charge is -2.15. The Morgan fingerprint density at radius 3 is 2.58 bits per heavy atom. The van der Waals surface area contributed by atoms with Crippen molar-refractivity contribution in [1.82, 2.24) is 16.0 Å². The number of benzene rings is 2. The first-order valence-electron chi connectivity index (χ1n) is 10.00. The Hall–Kier alpha value is -2.56. The quantitative estimate of drug-likeness (QED) is 0.160. The highest BCUT2D eigenvalue weighted by atomic mass is 127. The Labute approximate surface area is 199 Å². The van der Waals surface area contributed by atoms with Crippen molar-refractivity contribution in [2.24, 2.45) is 4.99 Å². The standard InChI is InChI=1S/C22H29FN4O3.HI/c1-3-24-22(27-15-16(2)30-20-11-5-4-10-19(20)23)26-13-7-12-25-21(29)17-8-6-9-18(28)14-17;/h4-6,8-11,14,16,28H,3,7,12-13,15H2,1-2H3,(H,25,29)(H2,24,26,27);1H. The van der Waals surface area contributed by atoms with Crippen LogP contribution in [0, 0.1) is 5.82 Å². The number of ether oxygens (including phenoxy) is 1. The lowest BCUT2D eigenvalue weighted by atomic mass is 10.2. The summed E-state index contributed by atoms with van der Waals surface area (Å²) < 4.78 is 19.3. The number of carbonyl (C=O) groups excluding carboxylic acids is 1. The van der Waals surface area contributed by atoms with E-state index >= 15 is 0 Å². The molecule has 4 N–H and O–H groups in total. The molecule has 0 saturated carbocycles. The molecule has 1 unspecified atom stereocenters. The van der Waals surface area contributed by atoms with Crippen molar-refractivity contribution in [2.75, 3.05) is 26.2 Å². The van der Waals surface area contributed by atoms with Crippen molar-refractivity contribution in [3.63, 3.8) is 0 Å². The highest BCUT2D eigenvalue weighted by Gasteiger charge is 2.08. The number of nitrogens with zero attached hydrogens (tertiary/aromatic N) is 1. The molecule has 0 bridgehead atoms. The van der Waals surface area contributed by atoms with Crippen molar-refractivity contribution in [3.05, 3.63) is 59.9 Å². The molecule has 9 heteroatoms. The summed E-state index contributed by atoms with van der Waals surface area (Å²) in [6.07, 6.45) is 0.398. The monoisotopic (exact) mass is 544 g/mol. The molecule has 0 aromatic heterocycles. The maximum absolute atomic E-state index is 13.7. The molecule has 0 aliphatic rings. The van der Waals surface area contributed by atoms with Crippen LogP contribution in [0.3, 0.4) is 0 Å². The Bertz CT molecular complexity index is 851. The summed E-state index contributed by atoms with van der Waals surface area (Å²) in [7, 11) is 0. The first kappa shape index (κ1) is 26.5. The number of rotatable bonds is 10. The molecule has 31 heavy (non-hydrogen) atoms. The highest BCUT2D eigenvalue weighted by Crippen LogP contribution is 2.17. The first-order chi connectivity index (χ1) is 14.5. The molecule has 170 valence electrons. The number of phenolic OH excluding ortho intramolecular Hbond substituents is 1. The van der Waals surface area contributed by atoms with Gasteiger partial charge in [-0.15, -0.1) is 24.0 Å². The lowest BCUT2D eigenvalue weighted by Crippen LogP contribution is -2.39. The summed E-state index contributed by atoms with van der Waals surface area (Å²) in [5.74, 6) is 0.266. The number of nitrogens with one attached hydrogen (secondary N) is 3. The van der Waals surface area contributed by atoms with Crippen molar-refractivity contribution in [2.45, 2.75) is 26.4 Å². The van der Waals surface area contributed by atoms with Crippen molar-refractivity contribution >= 4 is 35.8 Å². The zero-order valence-electron chi connectivity index (χ0n) is 17.7. The van der Waals surface area contributed by atoms with Crippen molar-refractivity contribution in [3.8, 4) is 11.5 Å². The number of phenols is 1. The maximum Gasteiger partial charge on any atom is 0.251 e. The van der Waals surface area contributed by atoms with E-state index in [9.17, 15) is 14.3 Å². The predicted molar refractivity (Wildman–Crippen MR) is 131 cm³/mol. The van der Waals surface area contributed by atoms with Gasteiger partial charge in [-0.3, -0.25) is 4.79 Å². The van der Waals surface area contributed by atoms with E-state index in [0.717, 1.165) is 0 Å². The summed E-state index contributed by atoms with van der Waals surface area (Å²) in [4.78, 5) is 16.5. The number of guanidine groups is 1. The molecule has 0 radical (unpaired) electrons. The maximum atomic E-state index is 13.7. The molecule has 2 rings (SSSR count). The van der Waals surface area contributed by atoms with Crippen LogP contribution in [0.2, 0.25) is 0 Å². The summed E-state index contributed by atoms with van der Waals surface area (Å²) in [5, 5.41) is 18.6. The molecular formula is C22H30FIN4O3. The second kappa shape index (κ2) is 14.4. The molecule has 2 aromatic rings. The normalized spacial score (nSPS) is 11.8. The third-order valence-corrected chi connectivity index (χ3v) is 4.06. The smallest absolute Gasteiger partial charge is 0.251 e. The average molecular weight is 544 g/mol. The average Bonchev–Trinajstić information content (AvgIpc) is 2.73. The van der Waals surface area contributed by atoms with Gasteiger partial charge in [-0.25, -0.2) is 9.38 Å². The predicted octanol–water partition coefficient (Wildman–Crippen LogP) is 3.29. The number of aliphatic imine (C=N–C) groups is 1. The number of para-hydroxylation sites is 1. The van der Waals surface area contributed by atoms with Gasteiger partial charge in [-0.1, -0.05) is 18.2 Å². The van der Waals surface area contributed by atoms with Crippen LogP contribution in [0.25, 0.3) is 0 Å². The molecule has 0 spiro atoms. The van der Waals surface area contributed by atoms with Gasteiger partial charge in [0, 0.05) is 25.2 Å². The molecular weight excluding hydrogens is 514 g/mol. The third kappa shape index (κ3) is 9.86. The summed E-state index contributed by atoms with van der Waals surface area (Å²) >= 11 is 0. The Morgan fingerprint density at radius 1 is 1.13 bits per heavy atom. The topological polar surface area (TPSA) is 95.0 Å². The summed E-state index contributed by atoms with van der Waals surface area (Å²) in [6, 6.07) is 12.5. The van der Waals surface area contributed by atoms with Crippen LogP contribution in [0.15, 0.2) is 53.5 Å². The Balaban J connectivity index is 0.00000480. The Morgan fingerprint density at radius 2 is 1.87 bits per heavy atom. The van der Waals surface area contributed by atoms with Gasteiger partial charge in [0.05, 0.1) is 6.54 Å². The van der Waals surface area contributed by atoms with Crippen LogP contribution >= 0.6 is 24.0 Å². The SMILES string of the molecule is CCNC(=NCC(C)Oc1ccccc1F)NCCCNC(=O)c1cccc(O)c1.I. The molecule has 1 amide bonds. The summed E-state index contributed by atoms with van der Waals surface area (Å²) in [5.41, 5.74) is 0.418. The molecule has 0 heterocycles.